The summed E-state index contributed by atoms with van der Waals surface area (Å²) in [6.07, 6.45) is 2.07. The molecule has 21 heavy (non-hydrogen) atoms. The number of amides is 1. The Morgan fingerprint density at radius 3 is 2.67 bits per heavy atom. The lowest BCUT2D eigenvalue weighted by Crippen LogP contribution is -2.47. The van der Waals surface area contributed by atoms with Crippen molar-refractivity contribution < 1.29 is 19.4 Å². The third-order valence-electron chi connectivity index (χ3n) is 4.66. The van der Waals surface area contributed by atoms with E-state index in [0.29, 0.717) is 25.9 Å². The number of carbonyl (C=O) groups excluding carboxylic acids is 1. The number of carboxylic acids is 1. The predicted molar refractivity (Wildman–Crippen MR) is 76.0 cm³/mol. The maximum Gasteiger partial charge on any atom is 0.307 e. The molecule has 5 heteroatoms. The third-order valence-corrected chi connectivity index (χ3v) is 4.66. The van der Waals surface area contributed by atoms with E-state index in [0.717, 1.165) is 23.3 Å². The van der Waals surface area contributed by atoms with E-state index in [1.807, 2.05) is 18.2 Å². The summed E-state index contributed by atoms with van der Waals surface area (Å²) in [5.41, 5.74) is 2.26. The molecule has 5 nitrogen and oxygen atoms in total. The first-order chi connectivity index (χ1) is 10.1. The second-order valence-electron chi connectivity index (χ2n) is 5.74. The molecule has 3 rings (SSSR count). The Kier molecular flexibility index (Phi) is 3.57. The van der Waals surface area contributed by atoms with E-state index in [9.17, 15) is 9.59 Å². The topological polar surface area (TPSA) is 66.8 Å². The molecule has 1 N–H and O–H groups in total. The van der Waals surface area contributed by atoms with E-state index in [1.54, 1.807) is 12.0 Å². The Hall–Kier alpha value is -2.04. The molecule has 0 bridgehead atoms. The van der Waals surface area contributed by atoms with Gasteiger partial charge in [0.15, 0.2) is 0 Å². The second-order valence-corrected chi connectivity index (χ2v) is 5.74. The quantitative estimate of drug-likeness (QED) is 0.919. The van der Waals surface area contributed by atoms with E-state index in [1.165, 1.54) is 0 Å². The van der Waals surface area contributed by atoms with E-state index in [-0.39, 0.29) is 11.8 Å². The fourth-order valence-corrected chi connectivity index (χ4v) is 3.28. The largest absolute Gasteiger partial charge is 0.496 e. The van der Waals surface area contributed by atoms with Crippen molar-refractivity contribution in [3.63, 3.8) is 0 Å². The van der Waals surface area contributed by atoms with Gasteiger partial charge in [-0.3, -0.25) is 9.59 Å². The van der Waals surface area contributed by atoms with Gasteiger partial charge in [-0.1, -0.05) is 12.1 Å². The number of benzene rings is 1. The normalized spacial score (nSPS) is 24.0. The van der Waals surface area contributed by atoms with Crippen molar-refractivity contribution in [2.75, 3.05) is 13.7 Å². The molecule has 1 aliphatic carbocycles. The highest BCUT2D eigenvalue weighted by Gasteiger charge is 2.43. The van der Waals surface area contributed by atoms with Crippen LogP contribution in [0.5, 0.6) is 5.75 Å². The lowest BCUT2D eigenvalue weighted by molar-refractivity contribution is -0.157. The summed E-state index contributed by atoms with van der Waals surface area (Å²) < 4.78 is 5.36. The van der Waals surface area contributed by atoms with E-state index in [4.69, 9.17) is 9.84 Å². The van der Waals surface area contributed by atoms with Gasteiger partial charge in [-0.05, 0) is 30.9 Å². The van der Waals surface area contributed by atoms with Crippen LogP contribution >= 0.6 is 0 Å². The summed E-state index contributed by atoms with van der Waals surface area (Å²) in [7, 11) is 1.65. The lowest BCUT2D eigenvalue weighted by Gasteiger charge is -2.38. The summed E-state index contributed by atoms with van der Waals surface area (Å²) in [5, 5.41) is 9.09. The maximum absolute atomic E-state index is 12.5. The van der Waals surface area contributed by atoms with E-state index in [2.05, 4.69) is 0 Å². The Morgan fingerprint density at radius 1 is 1.29 bits per heavy atom. The first-order valence-electron chi connectivity index (χ1n) is 7.28. The van der Waals surface area contributed by atoms with Crippen LogP contribution in [0.4, 0.5) is 0 Å². The fraction of sp³-hybridized carbons (Fsp3) is 0.500. The average Bonchev–Trinajstić information content (AvgIpc) is 2.44. The Balaban J connectivity index is 1.74. The summed E-state index contributed by atoms with van der Waals surface area (Å²) in [4.78, 5) is 25.4. The summed E-state index contributed by atoms with van der Waals surface area (Å²) >= 11 is 0. The van der Waals surface area contributed by atoms with Crippen LogP contribution in [-0.4, -0.2) is 35.5 Å². The minimum Gasteiger partial charge on any atom is -0.496 e. The molecule has 1 saturated carbocycles. The van der Waals surface area contributed by atoms with E-state index < -0.39 is 11.9 Å². The molecule has 1 aromatic carbocycles. The molecule has 0 radical (unpaired) electrons. The van der Waals surface area contributed by atoms with Gasteiger partial charge in [0, 0.05) is 18.7 Å². The smallest absolute Gasteiger partial charge is 0.307 e. The highest BCUT2D eigenvalue weighted by Crippen LogP contribution is 2.37. The van der Waals surface area contributed by atoms with Crippen LogP contribution in [0, 0.1) is 11.8 Å². The zero-order valence-electron chi connectivity index (χ0n) is 12.0. The number of aliphatic carboxylic acids is 1. The third kappa shape index (κ3) is 2.37. The van der Waals surface area contributed by atoms with Crippen LogP contribution in [0.1, 0.15) is 24.0 Å². The number of hydrogen-bond donors (Lipinski definition) is 1. The van der Waals surface area contributed by atoms with Crippen LogP contribution in [0.25, 0.3) is 0 Å². The van der Waals surface area contributed by atoms with Gasteiger partial charge in [0.1, 0.15) is 5.75 Å². The first-order valence-corrected chi connectivity index (χ1v) is 7.28. The predicted octanol–water partition coefficient (Wildman–Crippen LogP) is 1.69. The number of methoxy groups -OCH3 is 1. The van der Waals surface area contributed by atoms with E-state index >= 15 is 0 Å². The van der Waals surface area contributed by atoms with Gasteiger partial charge in [0.05, 0.1) is 18.9 Å². The molecule has 2 aliphatic rings. The summed E-state index contributed by atoms with van der Waals surface area (Å²) in [6, 6.07) is 5.87. The van der Waals surface area contributed by atoms with Gasteiger partial charge < -0.3 is 14.7 Å². The van der Waals surface area contributed by atoms with Crippen molar-refractivity contribution in [3.8, 4) is 5.75 Å². The van der Waals surface area contributed by atoms with Gasteiger partial charge in [-0.25, -0.2) is 0 Å². The van der Waals surface area contributed by atoms with Crippen LogP contribution in [0.3, 0.4) is 0 Å². The number of ether oxygens (including phenoxy) is 1. The second kappa shape index (κ2) is 5.39. The summed E-state index contributed by atoms with van der Waals surface area (Å²) in [5.74, 6) is -0.827. The molecule has 0 saturated heterocycles. The van der Waals surface area contributed by atoms with Gasteiger partial charge >= 0.3 is 5.97 Å². The Bertz CT molecular complexity index is 584. The Labute approximate surface area is 123 Å². The minimum atomic E-state index is -0.848. The molecular weight excluding hydrogens is 270 g/mol. The lowest BCUT2D eigenvalue weighted by atomic mass is 9.72. The molecule has 1 heterocycles. The van der Waals surface area contributed by atoms with Gasteiger partial charge in [-0.2, -0.15) is 0 Å². The van der Waals surface area contributed by atoms with Crippen LogP contribution < -0.4 is 4.74 Å². The number of hydrogen-bond acceptors (Lipinski definition) is 3. The van der Waals surface area contributed by atoms with Crippen molar-refractivity contribution in [1.82, 2.24) is 4.90 Å². The van der Waals surface area contributed by atoms with Crippen molar-refractivity contribution in [1.29, 1.82) is 0 Å². The number of fused-ring (bicyclic) bond motifs is 1. The zero-order valence-corrected chi connectivity index (χ0v) is 12.0. The molecule has 1 amide bonds. The monoisotopic (exact) mass is 289 g/mol. The summed E-state index contributed by atoms with van der Waals surface area (Å²) in [6.45, 7) is 1.18. The average molecular weight is 289 g/mol. The molecule has 0 aromatic heterocycles. The maximum atomic E-state index is 12.5. The number of nitrogens with zero attached hydrogens (tertiary/aromatic N) is 1. The van der Waals surface area contributed by atoms with Crippen LogP contribution in [-0.2, 0) is 22.6 Å². The highest BCUT2D eigenvalue weighted by atomic mass is 16.5. The van der Waals surface area contributed by atoms with Crippen molar-refractivity contribution in [2.45, 2.75) is 25.8 Å². The number of carboxylic acid groups (broad SMARTS) is 1. The SMILES string of the molecule is COc1cccc2c1CCN(C(=O)C1CCC1C(=O)O)C2. The van der Waals surface area contributed by atoms with Crippen molar-refractivity contribution in [2.24, 2.45) is 11.8 Å². The number of rotatable bonds is 3. The molecule has 112 valence electrons. The zero-order chi connectivity index (χ0) is 15.0. The van der Waals surface area contributed by atoms with Gasteiger partial charge in [0.2, 0.25) is 5.91 Å². The minimum absolute atomic E-state index is 0.0119. The van der Waals surface area contributed by atoms with Gasteiger partial charge in [0.25, 0.3) is 0 Å². The molecule has 1 fully saturated rings. The molecular formula is C16H19NO4. The van der Waals surface area contributed by atoms with Crippen LogP contribution in [0.2, 0.25) is 0 Å². The van der Waals surface area contributed by atoms with Crippen molar-refractivity contribution >= 4 is 11.9 Å². The number of carbonyl (C=O) groups is 2. The molecule has 1 aliphatic heterocycles. The standard InChI is InChI=1S/C16H19NO4/c1-21-14-4-2-3-10-9-17(8-7-11(10)14)15(18)12-5-6-13(12)16(19)20/h2-4,12-13H,5-9H2,1H3,(H,19,20). The van der Waals surface area contributed by atoms with Crippen molar-refractivity contribution in [3.05, 3.63) is 29.3 Å². The van der Waals surface area contributed by atoms with Gasteiger partial charge in [-0.15, -0.1) is 0 Å². The first kappa shape index (κ1) is 13.9. The Morgan fingerprint density at radius 2 is 2.05 bits per heavy atom. The molecule has 2 atom stereocenters. The molecule has 2 unspecified atom stereocenters. The highest BCUT2D eigenvalue weighted by molar-refractivity contribution is 5.86. The fourth-order valence-electron chi connectivity index (χ4n) is 3.28. The molecule has 1 aromatic rings. The molecule has 0 spiro atoms. The van der Waals surface area contributed by atoms with Crippen LogP contribution in [0.15, 0.2) is 18.2 Å².